The van der Waals surface area contributed by atoms with Gasteiger partial charge in [-0.3, -0.25) is 23.9 Å². The van der Waals surface area contributed by atoms with E-state index < -0.39 is 137 Å². The Morgan fingerprint density at radius 3 is 2.16 bits per heavy atom. The number of fused-ring (bicyclic) bond motifs is 4. The Bertz CT molecular complexity index is 3040. The monoisotopic (exact) mass is 1030 g/mol. The minimum Gasteiger partial charge on any atom is -0.346 e. The number of amides is 1. The number of halogens is 11. The molecule has 2 aromatic carbocycles. The van der Waals surface area contributed by atoms with Gasteiger partial charge < -0.3 is 5.32 Å². The highest BCUT2D eigenvalue weighted by molar-refractivity contribution is 7.93. The molecule has 3 heterocycles. The second-order valence-corrected chi connectivity index (χ2v) is 23.2. The molecule has 0 unspecified atom stereocenters. The third-order valence-corrected chi connectivity index (χ3v) is 17.5. The van der Waals surface area contributed by atoms with Crippen LogP contribution in [0.4, 0.5) is 49.7 Å². The van der Waals surface area contributed by atoms with Crippen molar-refractivity contribution in [2.75, 3.05) is 10.5 Å². The van der Waals surface area contributed by atoms with Gasteiger partial charge in [0.2, 0.25) is 15.9 Å². The number of alkyl halides is 8. The van der Waals surface area contributed by atoms with Gasteiger partial charge in [-0.05, 0) is 101 Å². The standard InChI is InChI=1S/C43H42ClF10N7O5S2/c1-4-67(63,64)59-39-34-30(44)12-10-27(36(34)61(58-39)20-41(47,48)49)26-8-5-24(13-14-40(2,3)68(65,66)25-6-7-25)55-35(26)31(17-21-15-22(45)18-23(46)16-21)56-32(62)19-60-38-33(37(57-60)43(52,53)54)28-9-11-29(28)42(38,50)51/h5,8,10,12,15-16,18,25,28-29,31H,4,6-7,9,11,13-14,17,19-20H2,1-3H3,(H,56,62)(H,58,59)/t28-,29+,31-/m0/s1. The molecule has 0 radical (unpaired) electrons. The van der Waals surface area contributed by atoms with Crippen LogP contribution in [0.1, 0.15) is 98.7 Å². The van der Waals surface area contributed by atoms with Crippen molar-refractivity contribution in [2.24, 2.45) is 5.92 Å². The summed E-state index contributed by atoms with van der Waals surface area (Å²) in [6, 6.07) is 5.89. The van der Waals surface area contributed by atoms with E-state index in [4.69, 9.17) is 16.6 Å². The summed E-state index contributed by atoms with van der Waals surface area (Å²) in [4.78, 5) is 19.0. The Hall–Kier alpha value is -4.97. The predicted octanol–water partition coefficient (Wildman–Crippen LogP) is 9.56. The molecule has 0 spiro atoms. The summed E-state index contributed by atoms with van der Waals surface area (Å²) in [6.45, 7) is 1.29. The van der Waals surface area contributed by atoms with Gasteiger partial charge in [0, 0.05) is 34.4 Å². The number of nitrogens with one attached hydrogen (secondary N) is 2. The number of sulfonamides is 1. The van der Waals surface area contributed by atoms with Gasteiger partial charge in [0.15, 0.2) is 21.3 Å². The first-order valence-corrected chi connectivity index (χ1v) is 24.9. The van der Waals surface area contributed by atoms with Crippen LogP contribution in [0.5, 0.6) is 0 Å². The first-order valence-electron chi connectivity index (χ1n) is 21.3. The molecule has 8 rings (SSSR count). The molecule has 1 amide bonds. The smallest absolute Gasteiger partial charge is 0.346 e. The number of carbonyl (C=O) groups is 1. The van der Waals surface area contributed by atoms with Gasteiger partial charge in [0.25, 0.3) is 5.92 Å². The summed E-state index contributed by atoms with van der Waals surface area (Å²) >= 11 is 6.55. The largest absolute Gasteiger partial charge is 0.435 e. The fourth-order valence-corrected chi connectivity index (χ4v) is 12.0. The van der Waals surface area contributed by atoms with E-state index in [9.17, 15) is 56.8 Å². The maximum Gasteiger partial charge on any atom is 0.435 e. The highest BCUT2D eigenvalue weighted by Gasteiger charge is 2.63. The van der Waals surface area contributed by atoms with E-state index in [0.717, 1.165) is 12.1 Å². The zero-order chi connectivity index (χ0) is 49.7. The molecular formula is C43H42ClF10N7O5S2. The highest BCUT2D eigenvalue weighted by atomic mass is 35.5. The summed E-state index contributed by atoms with van der Waals surface area (Å²) in [5.74, 6) is -10.9. The van der Waals surface area contributed by atoms with Gasteiger partial charge in [0.05, 0.1) is 43.4 Å². The number of sulfone groups is 1. The van der Waals surface area contributed by atoms with Gasteiger partial charge in [0.1, 0.15) is 30.4 Å². The molecule has 0 aliphatic heterocycles. The second kappa shape index (κ2) is 17.2. The maximum atomic E-state index is 15.8. The molecule has 3 aliphatic carbocycles. The number of rotatable bonds is 16. The number of aryl methyl sites for hydroxylation is 1. The summed E-state index contributed by atoms with van der Waals surface area (Å²) < 4.78 is 201. The average molecular weight is 1030 g/mol. The van der Waals surface area contributed by atoms with Gasteiger partial charge in [-0.1, -0.05) is 23.7 Å². The van der Waals surface area contributed by atoms with Crippen molar-refractivity contribution >= 4 is 54.1 Å². The quantitative estimate of drug-likeness (QED) is 0.0926. The Kier molecular flexibility index (Phi) is 12.5. The van der Waals surface area contributed by atoms with Crippen molar-refractivity contribution in [3.05, 3.63) is 93.0 Å². The van der Waals surface area contributed by atoms with Gasteiger partial charge in [-0.25, -0.2) is 25.6 Å². The first kappa shape index (κ1) is 49.5. The number of aromatic nitrogens is 5. The molecule has 3 aliphatic rings. The molecule has 5 aromatic rings. The Balaban J connectivity index is 1.30. The molecule has 3 atom stereocenters. The molecule has 2 N–H and O–H groups in total. The number of hydrogen-bond acceptors (Lipinski definition) is 8. The third kappa shape index (κ3) is 9.39. The lowest BCUT2D eigenvalue weighted by Gasteiger charge is -2.34. The van der Waals surface area contributed by atoms with E-state index in [-0.39, 0.29) is 68.9 Å². The number of anilines is 1. The normalized spacial score (nSPS) is 18.9. The van der Waals surface area contributed by atoms with Crippen LogP contribution in [0.25, 0.3) is 22.0 Å². The molecule has 12 nitrogen and oxygen atoms in total. The van der Waals surface area contributed by atoms with Crippen LogP contribution in [-0.4, -0.2) is 69.2 Å². The number of pyridine rings is 1. The number of hydrogen-bond donors (Lipinski definition) is 2. The Labute approximate surface area is 387 Å². The van der Waals surface area contributed by atoms with Crippen molar-refractivity contribution in [2.45, 2.75) is 119 Å². The van der Waals surface area contributed by atoms with Crippen LogP contribution >= 0.6 is 11.6 Å². The van der Waals surface area contributed by atoms with Crippen LogP contribution in [0.3, 0.4) is 0 Å². The topological polar surface area (TPSA) is 158 Å². The van der Waals surface area contributed by atoms with E-state index >= 15 is 8.78 Å². The summed E-state index contributed by atoms with van der Waals surface area (Å²) in [5, 5.41) is 8.82. The summed E-state index contributed by atoms with van der Waals surface area (Å²) in [5.41, 5.74) is -4.32. The number of nitrogens with zero attached hydrogens (tertiary/aromatic N) is 5. The van der Waals surface area contributed by atoms with Gasteiger partial charge in [-0.15, -0.1) is 0 Å². The van der Waals surface area contributed by atoms with E-state index in [1.807, 2.05) is 0 Å². The van der Waals surface area contributed by atoms with Crippen molar-refractivity contribution < 1.29 is 65.5 Å². The third-order valence-electron chi connectivity index (χ3n) is 12.8. The van der Waals surface area contributed by atoms with E-state index in [1.54, 1.807) is 0 Å². The summed E-state index contributed by atoms with van der Waals surface area (Å²) in [7, 11) is -7.84. The second-order valence-electron chi connectivity index (χ2n) is 18.0. The van der Waals surface area contributed by atoms with Crippen molar-refractivity contribution in [1.82, 2.24) is 29.9 Å². The molecule has 25 heteroatoms. The van der Waals surface area contributed by atoms with Gasteiger partial charge in [-0.2, -0.15) is 45.3 Å². The number of carbonyl (C=O) groups excluding carboxylic acids is 1. The van der Waals surface area contributed by atoms with Crippen LogP contribution in [0.2, 0.25) is 5.02 Å². The SMILES string of the molecule is CCS(=O)(=O)Nc1nn(CC(F)(F)F)c2c(-c3ccc(CCC(C)(C)S(=O)(=O)C4CC4)nc3[C@H](Cc3cc(F)cc(F)c3)NC(=O)Cn3nc(C(F)(F)F)c4c3C(F)(F)[C@@H]3CC[C@H]43)ccc(Cl)c12. The van der Waals surface area contributed by atoms with Gasteiger partial charge >= 0.3 is 12.4 Å². The zero-order valence-electron chi connectivity index (χ0n) is 36.2. The Morgan fingerprint density at radius 2 is 1.57 bits per heavy atom. The molecule has 0 bridgehead atoms. The van der Waals surface area contributed by atoms with E-state index in [2.05, 4.69) is 20.2 Å². The lowest BCUT2D eigenvalue weighted by molar-refractivity contribution is -0.144. The molecular weight excluding hydrogens is 984 g/mol. The predicted molar refractivity (Wildman–Crippen MR) is 229 cm³/mol. The molecule has 2 saturated carbocycles. The molecule has 368 valence electrons. The van der Waals surface area contributed by atoms with E-state index in [0.29, 0.717) is 23.6 Å². The van der Waals surface area contributed by atoms with Crippen LogP contribution in [0, 0.1) is 17.6 Å². The van der Waals surface area contributed by atoms with Crippen molar-refractivity contribution in [3.8, 4) is 11.1 Å². The fraction of sp³-hybridized carbons (Fsp3) is 0.488. The van der Waals surface area contributed by atoms with E-state index in [1.165, 1.54) is 45.0 Å². The maximum absolute atomic E-state index is 15.8. The zero-order valence-corrected chi connectivity index (χ0v) is 38.6. The average Bonchev–Trinajstić information content (AvgIpc) is 3.88. The molecule has 2 fully saturated rings. The lowest BCUT2D eigenvalue weighted by Crippen LogP contribution is -2.37. The first-order chi connectivity index (χ1) is 31.5. The van der Waals surface area contributed by atoms with Crippen LogP contribution < -0.4 is 10.0 Å². The highest BCUT2D eigenvalue weighted by Crippen LogP contribution is 2.64. The number of benzene rings is 2. The van der Waals surface area contributed by atoms with Crippen LogP contribution in [0.15, 0.2) is 42.5 Å². The summed E-state index contributed by atoms with van der Waals surface area (Å²) in [6.07, 6.45) is -9.92. The van der Waals surface area contributed by atoms with Crippen molar-refractivity contribution in [3.63, 3.8) is 0 Å². The molecule has 0 saturated heterocycles. The molecule has 3 aromatic heterocycles. The minimum atomic E-state index is -5.18. The Morgan fingerprint density at radius 1 is 0.912 bits per heavy atom. The lowest BCUT2D eigenvalue weighted by atomic mass is 9.73. The van der Waals surface area contributed by atoms with Crippen LogP contribution in [-0.2, 0) is 62.7 Å². The van der Waals surface area contributed by atoms with Crippen molar-refractivity contribution in [1.29, 1.82) is 0 Å². The minimum absolute atomic E-state index is 0.0175. The molecule has 68 heavy (non-hydrogen) atoms. The fourth-order valence-electron chi connectivity index (χ4n) is 9.14.